The second kappa shape index (κ2) is 66.2. The molecule has 3 fully saturated rings. The zero-order valence-electron chi connectivity index (χ0n) is 71.3. The molecule has 724 valence electrons. The molecule has 0 bridgehead atoms. The van der Waals surface area contributed by atoms with Gasteiger partial charge in [0.05, 0.1) is 118 Å². The molecule has 124 heavy (non-hydrogen) atoms. The van der Waals surface area contributed by atoms with E-state index in [1.807, 2.05) is 0 Å². The summed E-state index contributed by atoms with van der Waals surface area (Å²) in [5.41, 5.74) is 0. The van der Waals surface area contributed by atoms with Crippen LogP contribution in [0.25, 0.3) is 0 Å². The largest absolute Gasteiger partial charge is 0.479 e. The van der Waals surface area contributed by atoms with Crippen LogP contribution in [-0.4, -0.2) is 389 Å². The number of aliphatic hydroxyl groups is 7. The van der Waals surface area contributed by atoms with Gasteiger partial charge in [-0.25, -0.2) is 18.0 Å². The number of carbonyl (C=O) groups is 8. The first-order chi connectivity index (χ1) is 59.2. The first kappa shape index (κ1) is 113. The van der Waals surface area contributed by atoms with Crippen LogP contribution in [-0.2, 0) is 143 Å². The highest BCUT2D eigenvalue weighted by Gasteiger charge is 2.55. The number of carbonyl (C=O) groups excluding carboxylic acids is 6. The Morgan fingerprint density at radius 1 is 0.387 bits per heavy atom. The van der Waals surface area contributed by atoms with Crippen LogP contribution in [0, 0.1) is 11.8 Å². The number of methoxy groups -OCH3 is 1. The van der Waals surface area contributed by atoms with Crippen molar-refractivity contribution in [2.24, 2.45) is 11.8 Å². The molecule has 46 nitrogen and oxygen atoms in total. The van der Waals surface area contributed by atoms with Crippen LogP contribution in [0.1, 0.15) is 156 Å². The van der Waals surface area contributed by atoms with Gasteiger partial charge < -0.3 is 148 Å². The van der Waals surface area contributed by atoms with Crippen molar-refractivity contribution in [2.75, 3.05) is 165 Å². The van der Waals surface area contributed by atoms with Gasteiger partial charge in [0.2, 0.25) is 29.5 Å². The highest BCUT2D eigenvalue weighted by atomic mass is 32.3. The van der Waals surface area contributed by atoms with Gasteiger partial charge in [-0.15, -0.1) is 0 Å². The number of hydrogen-bond donors (Lipinski definition) is 16. The Labute approximate surface area is 723 Å². The van der Waals surface area contributed by atoms with Crippen LogP contribution >= 0.6 is 0 Å². The zero-order valence-corrected chi connectivity index (χ0v) is 72.9. The van der Waals surface area contributed by atoms with Crippen molar-refractivity contribution in [2.45, 2.75) is 260 Å². The van der Waals surface area contributed by atoms with Gasteiger partial charge in [-0.1, -0.05) is 65.2 Å². The van der Waals surface area contributed by atoms with E-state index in [1.165, 1.54) is 20.8 Å². The van der Waals surface area contributed by atoms with Gasteiger partial charge in [0.25, 0.3) is 0 Å². The molecule has 19 atom stereocenters. The van der Waals surface area contributed by atoms with Gasteiger partial charge in [0.1, 0.15) is 60.7 Å². The van der Waals surface area contributed by atoms with Crippen LogP contribution in [0.15, 0.2) is 0 Å². The Bertz CT molecular complexity index is 3180. The van der Waals surface area contributed by atoms with Crippen molar-refractivity contribution < 1.29 is 194 Å². The summed E-state index contributed by atoms with van der Waals surface area (Å²) in [4.78, 5) is 96.8. The summed E-state index contributed by atoms with van der Waals surface area (Å²) in [6.45, 7) is 9.31. The van der Waals surface area contributed by atoms with E-state index >= 15 is 0 Å². The number of ether oxygens (including phenoxy) is 16. The summed E-state index contributed by atoms with van der Waals surface area (Å²) in [6, 6.07) is 0. The van der Waals surface area contributed by atoms with Crippen molar-refractivity contribution in [1.82, 2.24) is 26.6 Å². The molecule has 48 heteroatoms. The number of amides is 5. The molecule has 19 unspecified atom stereocenters. The summed E-state index contributed by atoms with van der Waals surface area (Å²) in [5.74, 6) is -6.74. The van der Waals surface area contributed by atoms with Crippen molar-refractivity contribution in [3.63, 3.8) is 0 Å². The molecule has 0 spiro atoms. The maximum absolute atomic E-state index is 12.6. The molecule has 0 aromatic rings. The predicted molar refractivity (Wildman–Crippen MR) is 427 cm³/mol. The Hall–Kier alpha value is -5.22. The average molecular weight is 1840 g/mol. The molecular formula is C76H137N5O41S2. The van der Waals surface area contributed by atoms with E-state index in [0.29, 0.717) is 170 Å². The van der Waals surface area contributed by atoms with Crippen LogP contribution in [0.5, 0.6) is 0 Å². The van der Waals surface area contributed by atoms with Gasteiger partial charge in [-0.05, 0) is 51.9 Å². The lowest BCUT2D eigenvalue weighted by atomic mass is 9.91. The minimum absolute atomic E-state index is 0.00134. The van der Waals surface area contributed by atoms with Crippen molar-refractivity contribution in [3.8, 4) is 0 Å². The summed E-state index contributed by atoms with van der Waals surface area (Å²) < 4.78 is 161. The first-order valence-corrected chi connectivity index (χ1v) is 44.9. The average Bonchev–Trinajstić information content (AvgIpc) is 0.781. The SMILES string of the molecule is COC(C(=O)O)C(OC1OC(COS(=O)(=O)O)C(O)C(O)C1C)C(O)C(O)OC1C(COS(=O)(=O)O)OC(OC2C(C(=O)O)OC(OCCCCCCNC(=O)CCOCCOCCOCCNC(=O)CCCCCCCNC(=O)CCOCCCOCCC(=O)NCCCCCCCC(=O)NCCOCCOCCOCCC(C)=O)C(O)C2O)C(C)C1O. The van der Waals surface area contributed by atoms with Crippen LogP contribution in [0.4, 0.5) is 0 Å². The van der Waals surface area contributed by atoms with E-state index in [4.69, 9.17) is 80.3 Å². The number of aliphatic carboxylic acids is 2. The van der Waals surface area contributed by atoms with Crippen molar-refractivity contribution >= 4 is 68.1 Å². The molecule has 3 aliphatic rings. The fourth-order valence-electron chi connectivity index (χ4n) is 12.5. The third kappa shape index (κ3) is 50.7. The molecule has 3 saturated heterocycles. The van der Waals surface area contributed by atoms with E-state index in [1.54, 1.807) is 0 Å². The van der Waals surface area contributed by atoms with Crippen LogP contribution in [0.3, 0.4) is 0 Å². The molecule has 16 N–H and O–H groups in total. The van der Waals surface area contributed by atoms with E-state index in [-0.39, 0.29) is 81.0 Å². The number of ketones is 1. The fourth-order valence-corrected chi connectivity index (χ4v) is 13.1. The highest BCUT2D eigenvalue weighted by Crippen LogP contribution is 2.36. The normalized spacial score (nSPS) is 24.0. The van der Waals surface area contributed by atoms with Crippen molar-refractivity contribution in [1.29, 1.82) is 0 Å². The molecule has 3 heterocycles. The lowest BCUT2D eigenvalue weighted by Gasteiger charge is -2.47. The van der Waals surface area contributed by atoms with E-state index in [0.717, 1.165) is 71.3 Å². The number of rotatable bonds is 76. The molecule has 0 saturated carbocycles. The lowest BCUT2D eigenvalue weighted by molar-refractivity contribution is -0.360. The van der Waals surface area contributed by atoms with Gasteiger partial charge >= 0.3 is 32.7 Å². The minimum atomic E-state index is -5.34. The molecule has 0 radical (unpaired) electrons. The quantitative estimate of drug-likeness (QED) is 0.0169. The highest BCUT2D eigenvalue weighted by molar-refractivity contribution is 7.81. The van der Waals surface area contributed by atoms with Gasteiger partial charge in [0.15, 0.2) is 37.4 Å². The van der Waals surface area contributed by atoms with Crippen LogP contribution < -0.4 is 26.6 Å². The van der Waals surface area contributed by atoms with E-state index in [9.17, 15) is 106 Å². The fraction of sp³-hybridized carbons (Fsp3) is 0.895. The summed E-state index contributed by atoms with van der Waals surface area (Å²) in [5, 5.41) is 112. The third-order valence-electron chi connectivity index (χ3n) is 19.5. The molecule has 0 aromatic carbocycles. The van der Waals surface area contributed by atoms with Gasteiger partial charge in [-0.2, -0.15) is 16.8 Å². The first-order valence-electron chi connectivity index (χ1n) is 42.1. The summed E-state index contributed by atoms with van der Waals surface area (Å²) in [7, 11) is -9.64. The second-order valence-corrected chi connectivity index (χ2v) is 31.8. The Balaban J connectivity index is 1.14. The smallest absolute Gasteiger partial charge is 0.397 e. The maximum atomic E-state index is 12.6. The van der Waals surface area contributed by atoms with E-state index < -0.39 is 162 Å². The third-order valence-corrected chi connectivity index (χ3v) is 20.4. The number of aliphatic hydroxyl groups excluding tert-OH is 7. The second-order valence-electron chi connectivity index (χ2n) is 29.6. The Morgan fingerprint density at radius 2 is 0.782 bits per heavy atom. The number of hydrogen-bond acceptors (Lipinski definition) is 37. The lowest BCUT2D eigenvalue weighted by Crippen LogP contribution is -2.64. The topological polar surface area (TPSA) is 654 Å². The van der Waals surface area contributed by atoms with Gasteiger partial charge in [0, 0.05) is 110 Å². The monoisotopic (exact) mass is 1840 g/mol. The molecule has 5 amide bonds. The van der Waals surface area contributed by atoms with E-state index in [2.05, 4.69) is 35.0 Å². The van der Waals surface area contributed by atoms with Crippen molar-refractivity contribution in [3.05, 3.63) is 0 Å². The number of unbranched alkanes of at least 4 members (excludes halogenated alkanes) is 11. The Morgan fingerprint density at radius 3 is 1.23 bits per heavy atom. The number of nitrogens with one attached hydrogen (secondary N) is 5. The molecule has 0 aliphatic carbocycles. The molecule has 3 aliphatic heterocycles. The number of carboxylic acids is 2. The summed E-state index contributed by atoms with van der Waals surface area (Å²) in [6.07, 6.45) is -21.8. The molecular weight excluding hydrogens is 1700 g/mol. The Kier molecular flexibility index (Phi) is 60.3. The van der Waals surface area contributed by atoms with Crippen LogP contribution in [0.2, 0.25) is 0 Å². The predicted octanol–water partition coefficient (Wildman–Crippen LogP) is -2.59. The summed E-state index contributed by atoms with van der Waals surface area (Å²) >= 11 is 0. The minimum Gasteiger partial charge on any atom is -0.479 e. The number of Topliss-reactive ketones (excluding diaryl/α,β-unsaturated/α-hetero) is 1. The molecule has 3 rings (SSSR count). The van der Waals surface area contributed by atoms with Gasteiger partial charge in [-0.3, -0.25) is 37.9 Å². The molecule has 0 aromatic heterocycles. The zero-order chi connectivity index (χ0) is 91.7. The number of carboxylic acid groups (broad SMARTS) is 2. The standard InChI is InChI=1S/C76H137N5O41S2/c1-50(82)22-34-108-40-44-112-46-42-110-38-29-80-55(83)20-13-7-5-9-15-26-77-57(85)23-35-106-31-19-32-107-36-24-58(86)78-27-16-10-6-8-14-21-56(84)81-30-39-111-43-47-113-45-41-109-37-25-59(87)79-28-17-11-12-18-33-114-76-64(92)63(91)67(70(122-76)72(96)97)120-75-52(3)61(89)66(54(118-75)49-116-124(102,103)104)119-73(98)65(93)68(69(105-4)71(94)95)121-74-51(2)60(88)62(90)53(117-74)48-115-123(99,100)101/h51-54,60-70,73-76,88-93,98H,5-49H2,1-4H3,(H,77,85)(H,78,86)(H,79,87)(H,80,83)(H,81,84)(H,94,95)(H,96,97)(H,99,100,101)(H,102,103,104). The maximum Gasteiger partial charge on any atom is 0.397 e.